The van der Waals surface area contributed by atoms with Gasteiger partial charge >= 0.3 is 6.01 Å². The summed E-state index contributed by atoms with van der Waals surface area (Å²) >= 11 is 0. The summed E-state index contributed by atoms with van der Waals surface area (Å²) in [5.74, 6) is 0.0823. The number of rotatable bonds is 5. The minimum Gasteiger partial charge on any atom is -0.403 e. The van der Waals surface area contributed by atoms with Crippen LogP contribution in [0.4, 0.5) is 6.01 Å². The molecular weight excluding hydrogens is 410 g/mol. The summed E-state index contributed by atoms with van der Waals surface area (Å²) in [6, 6.07) is 11.9. The molecule has 3 aromatic heterocycles. The highest BCUT2D eigenvalue weighted by Gasteiger charge is 2.26. The average Bonchev–Trinajstić information content (AvgIpc) is 3.46. The molecule has 10 heteroatoms. The van der Waals surface area contributed by atoms with Gasteiger partial charge in [0.05, 0.1) is 17.9 Å². The van der Waals surface area contributed by atoms with Crippen LogP contribution in [0.2, 0.25) is 0 Å². The van der Waals surface area contributed by atoms with Crippen LogP contribution >= 0.6 is 0 Å². The highest BCUT2D eigenvalue weighted by atomic mass is 16.5. The Morgan fingerprint density at radius 2 is 1.94 bits per heavy atom. The van der Waals surface area contributed by atoms with Crippen LogP contribution in [0.15, 0.2) is 39.5 Å². The molecule has 0 saturated carbocycles. The van der Waals surface area contributed by atoms with E-state index in [4.69, 9.17) is 9.15 Å². The van der Waals surface area contributed by atoms with E-state index in [1.165, 1.54) is 18.0 Å². The van der Waals surface area contributed by atoms with E-state index >= 15 is 0 Å². The molecule has 0 radical (unpaired) electrons. The van der Waals surface area contributed by atoms with E-state index in [-0.39, 0.29) is 23.8 Å². The summed E-state index contributed by atoms with van der Waals surface area (Å²) < 4.78 is 12.4. The zero-order chi connectivity index (χ0) is 22.1. The Bertz CT molecular complexity index is 1360. The summed E-state index contributed by atoms with van der Waals surface area (Å²) in [4.78, 5) is 20.2. The van der Waals surface area contributed by atoms with Crippen molar-refractivity contribution in [2.75, 3.05) is 25.1 Å². The molecule has 1 aliphatic heterocycles. The molecule has 0 spiro atoms. The van der Waals surface area contributed by atoms with Crippen molar-refractivity contribution in [2.45, 2.75) is 25.9 Å². The molecule has 1 fully saturated rings. The maximum absolute atomic E-state index is 13.5. The number of benzene rings is 1. The third-order valence-electron chi connectivity index (χ3n) is 5.57. The predicted molar refractivity (Wildman–Crippen MR) is 116 cm³/mol. The fraction of sp³-hybridized carbons (Fsp3) is 0.318. The van der Waals surface area contributed by atoms with Crippen molar-refractivity contribution in [3.05, 3.63) is 52.1 Å². The van der Waals surface area contributed by atoms with Gasteiger partial charge in [-0.1, -0.05) is 35.4 Å². The van der Waals surface area contributed by atoms with Crippen LogP contribution in [-0.2, 0) is 11.3 Å². The zero-order valence-corrected chi connectivity index (χ0v) is 17.5. The zero-order valence-electron chi connectivity index (χ0n) is 17.5. The van der Waals surface area contributed by atoms with Crippen molar-refractivity contribution in [1.82, 2.24) is 24.8 Å². The van der Waals surface area contributed by atoms with Gasteiger partial charge in [-0.3, -0.25) is 9.89 Å². The van der Waals surface area contributed by atoms with Crippen LogP contribution in [0.5, 0.6) is 0 Å². The molecule has 0 atom stereocenters. The third kappa shape index (κ3) is 3.33. The molecule has 4 aromatic rings. The summed E-state index contributed by atoms with van der Waals surface area (Å²) in [5.41, 5.74) is 1.99. The van der Waals surface area contributed by atoms with E-state index in [1.54, 1.807) is 0 Å². The second-order valence-electron chi connectivity index (χ2n) is 7.61. The van der Waals surface area contributed by atoms with Gasteiger partial charge in [-0.15, -0.1) is 5.10 Å². The lowest BCUT2D eigenvalue weighted by atomic mass is 10.1. The number of aromatic amines is 1. The van der Waals surface area contributed by atoms with E-state index in [2.05, 4.69) is 26.3 Å². The Morgan fingerprint density at radius 3 is 2.66 bits per heavy atom. The number of methoxy groups -OCH3 is 1. The van der Waals surface area contributed by atoms with E-state index in [9.17, 15) is 10.1 Å². The predicted octanol–water partition coefficient (Wildman–Crippen LogP) is 2.75. The first-order valence-corrected chi connectivity index (χ1v) is 10.4. The number of fused-ring (bicyclic) bond motifs is 1. The van der Waals surface area contributed by atoms with Gasteiger partial charge in [-0.05, 0) is 24.8 Å². The number of aromatic nitrogens is 5. The van der Waals surface area contributed by atoms with Gasteiger partial charge in [0.15, 0.2) is 5.65 Å². The highest BCUT2D eigenvalue weighted by molar-refractivity contribution is 5.82. The lowest BCUT2D eigenvalue weighted by Crippen LogP contribution is -2.29. The Hall–Kier alpha value is -3.97. The fourth-order valence-corrected chi connectivity index (χ4v) is 4.06. The number of ether oxygens (including phenoxy) is 1. The van der Waals surface area contributed by atoms with E-state index < -0.39 is 5.56 Å². The van der Waals surface area contributed by atoms with Gasteiger partial charge in [0, 0.05) is 20.2 Å². The first kappa shape index (κ1) is 20.0. The lowest BCUT2D eigenvalue weighted by molar-refractivity contribution is 0.182. The number of piperidine rings is 1. The Morgan fingerprint density at radius 1 is 1.16 bits per heavy atom. The topological polar surface area (TPSA) is 125 Å². The SMILES string of the molecule is COCc1nc2c(-c3ccccc3)c(C#N)[nH]n2c(=O)c1-c1nnc(N2CCCCC2)o1. The Kier molecular flexibility index (Phi) is 5.17. The largest absolute Gasteiger partial charge is 0.403 e. The molecule has 1 aliphatic rings. The average molecular weight is 431 g/mol. The van der Waals surface area contributed by atoms with Crippen molar-refractivity contribution in [3.63, 3.8) is 0 Å². The molecule has 1 saturated heterocycles. The number of anilines is 1. The van der Waals surface area contributed by atoms with Gasteiger partial charge in [0.2, 0.25) is 0 Å². The summed E-state index contributed by atoms with van der Waals surface area (Å²) in [6.07, 6.45) is 3.30. The Labute approximate surface area is 183 Å². The second kappa shape index (κ2) is 8.28. The quantitative estimate of drug-likeness (QED) is 0.511. The number of nitrogens with one attached hydrogen (secondary N) is 1. The summed E-state index contributed by atoms with van der Waals surface area (Å²) in [7, 11) is 1.52. The van der Waals surface area contributed by atoms with Crippen molar-refractivity contribution in [3.8, 4) is 28.7 Å². The minimum absolute atomic E-state index is 0.0732. The van der Waals surface area contributed by atoms with E-state index in [0.29, 0.717) is 22.9 Å². The van der Waals surface area contributed by atoms with Crippen LogP contribution in [0.25, 0.3) is 28.2 Å². The molecule has 32 heavy (non-hydrogen) atoms. The number of nitriles is 1. The molecule has 4 heterocycles. The molecule has 1 aromatic carbocycles. The number of hydrogen-bond donors (Lipinski definition) is 1. The van der Waals surface area contributed by atoms with Crippen LogP contribution in [0.3, 0.4) is 0 Å². The van der Waals surface area contributed by atoms with Crippen molar-refractivity contribution in [1.29, 1.82) is 5.26 Å². The molecule has 0 amide bonds. The van der Waals surface area contributed by atoms with Crippen LogP contribution < -0.4 is 10.5 Å². The second-order valence-corrected chi connectivity index (χ2v) is 7.61. The summed E-state index contributed by atoms with van der Waals surface area (Å²) in [6.45, 7) is 1.75. The van der Waals surface area contributed by atoms with E-state index in [0.717, 1.165) is 31.5 Å². The van der Waals surface area contributed by atoms with Crippen LogP contribution in [-0.4, -0.2) is 45.0 Å². The smallest absolute Gasteiger partial charge is 0.318 e. The molecule has 10 nitrogen and oxygen atoms in total. The normalized spacial score (nSPS) is 14.1. The highest BCUT2D eigenvalue weighted by Crippen LogP contribution is 2.29. The lowest BCUT2D eigenvalue weighted by Gasteiger charge is -2.24. The van der Waals surface area contributed by atoms with Crippen molar-refractivity contribution >= 4 is 11.7 Å². The van der Waals surface area contributed by atoms with Gasteiger partial charge in [-0.25, -0.2) is 4.98 Å². The van der Waals surface area contributed by atoms with E-state index in [1.807, 2.05) is 35.2 Å². The number of nitrogens with zero attached hydrogens (tertiary/aromatic N) is 6. The molecule has 0 bridgehead atoms. The van der Waals surface area contributed by atoms with Crippen LogP contribution in [0, 0.1) is 11.3 Å². The molecule has 0 aliphatic carbocycles. The third-order valence-corrected chi connectivity index (χ3v) is 5.57. The molecule has 162 valence electrons. The van der Waals surface area contributed by atoms with Gasteiger partial charge in [0.1, 0.15) is 17.3 Å². The van der Waals surface area contributed by atoms with Crippen LogP contribution in [0.1, 0.15) is 30.7 Å². The maximum atomic E-state index is 13.5. The fourth-order valence-electron chi connectivity index (χ4n) is 4.06. The minimum atomic E-state index is -0.436. The molecule has 5 rings (SSSR count). The van der Waals surface area contributed by atoms with Gasteiger partial charge in [-0.2, -0.15) is 9.78 Å². The summed E-state index contributed by atoms with van der Waals surface area (Å²) in [5, 5.41) is 20.8. The van der Waals surface area contributed by atoms with Gasteiger partial charge in [0.25, 0.3) is 11.4 Å². The molecule has 1 N–H and O–H groups in total. The monoisotopic (exact) mass is 431 g/mol. The standard InChI is InChI=1S/C22H21N7O3/c1-31-13-16-18(20-25-26-22(32-20)28-10-6-3-7-11-28)21(30)29-19(24-16)17(15(12-23)27-29)14-8-4-2-5-9-14/h2,4-5,8-9,27H,3,6-7,10-11,13H2,1H3. The number of H-pyrrole nitrogens is 1. The first-order chi connectivity index (χ1) is 15.7. The van der Waals surface area contributed by atoms with Gasteiger partial charge < -0.3 is 14.1 Å². The Balaban J connectivity index is 1.70. The molecular formula is C22H21N7O3. The van der Waals surface area contributed by atoms with Crippen molar-refractivity contribution < 1.29 is 9.15 Å². The molecule has 0 unspecified atom stereocenters. The number of hydrogen-bond acceptors (Lipinski definition) is 8. The maximum Gasteiger partial charge on any atom is 0.318 e. The van der Waals surface area contributed by atoms with Crippen molar-refractivity contribution in [2.24, 2.45) is 0 Å². The first-order valence-electron chi connectivity index (χ1n) is 10.4.